The van der Waals surface area contributed by atoms with Crippen LogP contribution >= 0.6 is 23.4 Å². The van der Waals surface area contributed by atoms with Gasteiger partial charge in [-0.05, 0) is 43.4 Å². The quantitative estimate of drug-likeness (QED) is 0.462. The Hall–Kier alpha value is 0.600. The van der Waals surface area contributed by atoms with Gasteiger partial charge in [-0.2, -0.15) is 11.8 Å². The van der Waals surface area contributed by atoms with Crippen LogP contribution < -0.4 is 5.32 Å². The summed E-state index contributed by atoms with van der Waals surface area (Å²) in [5.41, 5.74) is 0. The van der Waals surface area contributed by atoms with Crippen molar-refractivity contribution in [2.75, 3.05) is 30.5 Å². The Balaban J connectivity index is 3.15. The van der Waals surface area contributed by atoms with Crippen molar-refractivity contribution in [3.05, 3.63) is 0 Å². The minimum absolute atomic E-state index is 0.770. The summed E-state index contributed by atoms with van der Waals surface area (Å²) in [4.78, 5) is 0. The molecule has 14 heavy (non-hydrogen) atoms. The summed E-state index contributed by atoms with van der Waals surface area (Å²) in [6, 6.07) is 0. The molecule has 0 spiro atoms. The molecule has 86 valence electrons. The van der Waals surface area contributed by atoms with E-state index < -0.39 is 0 Å². The van der Waals surface area contributed by atoms with Gasteiger partial charge in [-0.1, -0.05) is 20.3 Å². The fourth-order valence-electron chi connectivity index (χ4n) is 1.35. The molecule has 0 radical (unpaired) electrons. The zero-order valence-electron chi connectivity index (χ0n) is 9.52. The molecule has 0 rings (SSSR count). The fourth-order valence-corrected chi connectivity index (χ4v) is 2.30. The molecule has 0 saturated heterocycles. The largest absolute Gasteiger partial charge is 0.316 e. The molecule has 1 nitrogen and oxygen atoms in total. The van der Waals surface area contributed by atoms with Crippen LogP contribution in [-0.2, 0) is 0 Å². The molecule has 0 aromatic heterocycles. The molecular weight excluding hydrogens is 214 g/mol. The second-order valence-electron chi connectivity index (χ2n) is 3.51. The van der Waals surface area contributed by atoms with Gasteiger partial charge in [-0.25, -0.2) is 0 Å². The first-order chi connectivity index (χ1) is 6.85. The summed E-state index contributed by atoms with van der Waals surface area (Å²) in [5.74, 6) is 4.09. The van der Waals surface area contributed by atoms with Gasteiger partial charge in [-0.15, -0.1) is 11.6 Å². The van der Waals surface area contributed by atoms with Crippen molar-refractivity contribution in [2.24, 2.45) is 5.92 Å². The van der Waals surface area contributed by atoms with E-state index in [1.165, 1.54) is 24.3 Å². The van der Waals surface area contributed by atoms with Gasteiger partial charge in [-0.3, -0.25) is 0 Å². The molecule has 0 aromatic carbocycles. The van der Waals surface area contributed by atoms with Gasteiger partial charge in [0, 0.05) is 5.88 Å². The average Bonchev–Trinajstić information content (AvgIpc) is 2.21. The van der Waals surface area contributed by atoms with Crippen molar-refractivity contribution in [3.63, 3.8) is 0 Å². The van der Waals surface area contributed by atoms with E-state index in [1.54, 1.807) is 0 Å². The lowest BCUT2D eigenvalue weighted by Gasteiger charge is -2.13. The van der Waals surface area contributed by atoms with Crippen LogP contribution in [0.3, 0.4) is 0 Å². The van der Waals surface area contributed by atoms with E-state index in [9.17, 15) is 0 Å². The highest BCUT2D eigenvalue weighted by Crippen LogP contribution is 2.07. The number of nitrogens with one attached hydrogen (secondary N) is 1. The first kappa shape index (κ1) is 14.6. The maximum atomic E-state index is 5.73. The number of thioether (sulfide) groups is 1. The smallest absolute Gasteiger partial charge is 0.0226 e. The normalized spacial score (nSPS) is 13.1. The van der Waals surface area contributed by atoms with Crippen molar-refractivity contribution >= 4 is 23.4 Å². The van der Waals surface area contributed by atoms with Crippen molar-refractivity contribution in [1.29, 1.82) is 0 Å². The summed E-state index contributed by atoms with van der Waals surface area (Å²) in [6.45, 7) is 6.75. The van der Waals surface area contributed by atoms with Crippen LogP contribution in [0.4, 0.5) is 0 Å². The summed E-state index contributed by atoms with van der Waals surface area (Å²) in [5, 5.41) is 3.51. The van der Waals surface area contributed by atoms with Gasteiger partial charge in [0.15, 0.2) is 0 Å². The van der Waals surface area contributed by atoms with E-state index in [0.29, 0.717) is 0 Å². The molecule has 0 aliphatic carbocycles. The molecule has 0 aliphatic heterocycles. The highest BCUT2D eigenvalue weighted by molar-refractivity contribution is 7.99. The number of rotatable bonds is 10. The van der Waals surface area contributed by atoms with E-state index in [4.69, 9.17) is 11.6 Å². The molecule has 0 aliphatic rings. The Morgan fingerprint density at radius 3 is 2.71 bits per heavy atom. The molecule has 1 atom stereocenters. The Morgan fingerprint density at radius 2 is 2.14 bits per heavy atom. The average molecular weight is 238 g/mol. The van der Waals surface area contributed by atoms with Crippen LogP contribution in [0.1, 0.15) is 33.1 Å². The highest BCUT2D eigenvalue weighted by Gasteiger charge is 2.03. The van der Waals surface area contributed by atoms with Crippen LogP contribution in [0.25, 0.3) is 0 Å². The Bertz CT molecular complexity index is 111. The van der Waals surface area contributed by atoms with E-state index in [1.807, 2.05) is 11.8 Å². The minimum atomic E-state index is 0.770. The predicted octanol–water partition coefficient (Wildman–Crippen LogP) is 3.37. The third-order valence-electron chi connectivity index (χ3n) is 2.37. The fraction of sp³-hybridized carbons (Fsp3) is 1.00. The Kier molecular flexibility index (Phi) is 12.2. The van der Waals surface area contributed by atoms with Crippen molar-refractivity contribution < 1.29 is 0 Å². The van der Waals surface area contributed by atoms with Crippen LogP contribution in [0.15, 0.2) is 0 Å². The van der Waals surface area contributed by atoms with Crippen molar-refractivity contribution in [3.8, 4) is 0 Å². The van der Waals surface area contributed by atoms with Gasteiger partial charge in [0.25, 0.3) is 0 Å². The second kappa shape index (κ2) is 11.7. The van der Waals surface area contributed by atoms with E-state index >= 15 is 0 Å². The monoisotopic (exact) mass is 237 g/mol. The van der Waals surface area contributed by atoms with E-state index in [-0.39, 0.29) is 0 Å². The topological polar surface area (TPSA) is 12.0 Å². The van der Waals surface area contributed by atoms with Gasteiger partial charge >= 0.3 is 0 Å². The molecule has 0 amide bonds. The number of hydrogen-bond acceptors (Lipinski definition) is 2. The third-order valence-corrected chi connectivity index (χ3v) is 3.58. The van der Waals surface area contributed by atoms with Crippen LogP contribution in [0, 0.1) is 5.92 Å². The standard InChI is InChI=1S/C11H24ClNS/c1-3-11(6-7-12)10-13-8-5-9-14-4-2/h11,13H,3-10H2,1-2H3. The maximum Gasteiger partial charge on any atom is 0.0226 e. The lowest BCUT2D eigenvalue weighted by atomic mass is 10.0. The molecule has 1 unspecified atom stereocenters. The van der Waals surface area contributed by atoms with Crippen molar-refractivity contribution in [1.82, 2.24) is 5.32 Å². The SMILES string of the molecule is CCSCCCNCC(CC)CCCl. The first-order valence-corrected chi connectivity index (χ1v) is 7.38. The lowest BCUT2D eigenvalue weighted by molar-refractivity contribution is 0.453. The number of alkyl halides is 1. The molecule has 0 fully saturated rings. The Morgan fingerprint density at radius 1 is 1.36 bits per heavy atom. The summed E-state index contributed by atoms with van der Waals surface area (Å²) >= 11 is 7.75. The molecule has 3 heteroatoms. The minimum Gasteiger partial charge on any atom is -0.316 e. The maximum absolute atomic E-state index is 5.73. The van der Waals surface area contributed by atoms with Crippen LogP contribution in [0.2, 0.25) is 0 Å². The zero-order valence-corrected chi connectivity index (χ0v) is 11.1. The highest BCUT2D eigenvalue weighted by atomic mass is 35.5. The summed E-state index contributed by atoms with van der Waals surface area (Å²) in [7, 11) is 0. The molecule has 0 saturated carbocycles. The molecular formula is C11H24ClNS. The first-order valence-electron chi connectivity index (χ1n) is 5.69. The van der Waals surface area contributed by atoms with Crippen molar-refractivity contribution in [2.45, 2.75) is 33.1 Å². The Labute approximate surface area is 98.4 Å². The number of halogens is 1. The zero-order chi connectivity index (χ0) is 10.6. The predicted molar refractivity (Wildman–Crippen MR) is 69.6 cm³/mol. The lowest BCUT2D eigenvalue weighted by Crippen LogP contribution is -2.24. The van der Waals surface area contributed by atoms with Crippen LogP contribution in [-0.4, -0.2) is 30.5 Å². The van der Waals surface area contributed by atoms with E-state index in [0.717, 1.165) is 31.3 Å². The van der Waals surface area contributed by atoms with Crippen LogP contribution in [0.5, 0.6) is 0 Å². The molecule has 0 bridgehead atoms. The van der Waals surface area contributed by atoms with E-state index in [2.05, 4.69) is 19.2 Å². The second-order valence-corrected chi connectivity index (χ2v) is 5.28. The molecule has 0 heterocycles. The van der Waals surface area contributed by atoms with Gasteiger partial charge in [0.2, 0.25) is 0 Å². The van der Waals surface area contributed by atoms with Gasteiger partial charge < -0.3 is 5.32 Å². The summed E-state index contributed by atoms with van der Waals surface area (Å²) < 4.78 is 0. The molecule has 0 aromatic rings. The third kappa shape index (κ3) is 9.17. The summed E-state index contributed by atoms with van der Waals surface area (Å²) in [6.07, 6.45) is 3.67. The number of hydrogen-bond donors (Lipinski definition) is 1. The van der Waals surface area contributed by atoms with Gasteiger partial charge in [0.1, 0.15) is 0 Å². The molecule has 1 N–H and O–H groups in total. The van der Waals surface area contributed by atoms with Gasteiger partial charge in [0.05, 0.1) is 0 Å².